The van der Waals surface area contributed by atoms with Crippen molar-refractivity contribution in [3.05, 3.63) is 0 Å². The second kappa shape index (κ2) is 6.64. The Kier molecular flexibility index (Phi) is 7.31. The van der Waals surface area contributed by atoms with Crippen LogP contribution in [0.15, 0.2) is 0 Å². The average molecular weight is 385 g/mol. The van der Waals surface area contributed by atoms with E-state index in [2.05, 4.69) is 12.6 Å². The smallest absolute Gasteiger partial charge is 0.0486 e. The van der Waals surface area contributed by atoms with E-state index in [0.717, 1.165) is 12.4 Å². The van der Waals surface area contributed by atoms with Crippen LogP contribution >= 0.6 is 12.6 Å². The van der Waals surface area contributed by atoms with Gasteiger partial charge in [0.05, 0.1) is 0 Å². The van der Waals surface area contributed by atoms with Crippen LogP contribution in [0.25, 0.3) is 0 Å². The minimum atomic E-state index is 0. The molecule has 0 amide bonds. The first kappa shape index (κ1) is 13.2. The van der Waals surface area contributed by atoms with Gasteiger partial charge in [-0.2, -0.15) is 12.6 Å². The molecule has 1 aliphatic heterocycles. The summed E-state index contributed by atoms with van der Waals surface area (Å²) in [5, 5.41) is 0.320. The van der Waals surface area contributed by atoms with Crippen LogP contribution in [0.4, 0.5) is 0 Å². The van der Waals surface area contributed by atoms with E-state index in [1.807, 2.05) is 0 Å². The summed E-state index contributed by atoms with van der Waals surface area (Å²) in [6, 6.07) is 0. The Morgan fingerprint density at radius 2 is 2.17 bits per heavy atom. The van der Waals surface area contributed by atoms with Crippen molar-refractivity contribution < 1.29 is 25.8 Å². The van der Waals surface area contributed by atoms with Gasteiger partial charge in [-0.1, -0.05) is 0 Å². The standard InChI is InChI=1S/C8H18OSSi.Pt/c10-7-3-5-8(11)4-1-2-6-9-8;/h10H,1-7H2,11H3;. The molecule has 0 aliphatic carbocycles. The minimum Gasteiger partial charge on any atom is -0.380 e. The Morgan fingerprint density at radius 1 is 1.42 bits per heavy atom. The predicted octanol–water partition coefficient (Wildman–Crippen LogP) is 0.956. The molecule has 12 heavy (non-hydrogen) atoms. The Balaban J connectivity index is 0.00000121. The fraction of sp³-hybridized carbons (Fsp3) is 1.00. The van der Waals surface area contributed by atoms with Crippen LogP contribution in [-0.4, -0.2) is 27.8 Å². The summed E-state index contributed by atoms with van der Waals surface area (Å²) in [4.78, 5) is 0. The van der Waals surface area contributed by atoms with Gasteiger partial charge >= 0.3 is 0 Å². The van der Waals surface area contributed by atoms with Crippen molar-refractivity contribution in [1.29, 1.82) is 0 Å². The SMILES string of the molecule is [Pt].[SiH3]C1(CCCS)CCCCO1. The Morgan fingerprint density at radius 3 is 2.67 bits per heavy atom. The van der Waals surface area contributed by atoms with Gasteiger partial charge in [-0.3, -0.25) is 0 Å². The summed E-state index contributed by atoms with van der Waals surface area (Å²) in [6.45, 7) is 0.996. The summed E-state index contributed by atoms with van der Waals surface area (Å²) < 4.78 is 5.80. The molecule has 0 saturated carbocycles. The molecule has 1 unspecified atom stereocenters. The normalized spacial score (nSPS) is 29.8. The predicted molar refractivity (Wildman–Crippen MR) is 55.6 cm³/mol. The molecular weight excluding hydrogens is 367 g/mol. The zero-order valence-corrected chi connectivity index (χ0v) is 12.8. The molecule has 0 aromatic rings. The maximum Gasteiger partial charge on any atom is 0.0486 e. The zero-order chi connectivity index (χ0) is 8.16. The third-order valence-corrected chi connectivity index (χ3v) is 4.02. The van der Waals surface area contributed by atoms with Gasteiger partial charge in [0.2, 0.25) is 0 Å². The number of thiol groups is 1. The topological polar surface area (TPSA) is 9.23 Å². The van der Waals surface area contributed by atoms with Gasteiger partial charge < -0.3 is 4.74 Å². The molecule has 1 saturated heterocycles. The van der Waals surface area contributed by atoms with Gasteiger partial charge in [0.25, 0.3) is 0 Å². The summed E-state index contributed by atoms with van der Waals surface area (Å²) in [5.74, 6) is 1.01. The third-order valence-electron chi connectivity index (χ3n) is 2.41. The van der Waals surface area contributed by atoms with Gasteiger partial charge in [0, 0.05) is 43.1 Å². The van der Waals surface area contributed by atoms with Gasteiger partial charge in [0.15, 0.2) is 0 Å². The summed E-state index contributed by atoms with van der Waals surface area (Å²) in [5.41, 5.74) is 0. The first-order valence-electron chi connectivity index (χ1n) is 4.52. The second-order valence-electron chi connectivity index (χ2n) is 3.58. The van der Waals surface area contributed by atoms with E-state index < -0.39 is 0 Å². The molecule has 1 aliphatic rings. The van der Waals surface area contributed by atoms with E-state index in [1.54, 1.807) is 0 Å². The van der Waals surface area contributed by atoms with Crippen molar-refractivity contribution in [2.45, 2.75) is 37.3 Å². The molecule has 1 atom stereocenters. The van der Waals surface area contributed by atoms with Crippen LogP contribution < -0.4 is 0 Å². The van der Waals surface area contributed by atoms with Crippen molar-refractivity contribution in [3.63, 3.8) is 0 Å². The molecule has 4 heteroatoms. The monoisotopic (exact) mass is 385 g/mol. The molecule has 76 valence electrons. The van der Waals surface area contributed by atoms with E-state index in [-0.39, 0.29) is 21.1 Å². The molecule has 0 bridgehead atoms. The van der Waals surface area contributed by atoms with Crippen LogP contribution in [0.1, 0.15) is 32.1 Å². The third kappa shape index (κ3) is 4.45. The minimum absolute atomic E-state index is 0. The van der Waals surface area contributed by atoms with E-state index in [9.17, 15) is 0 Å². The van der Waals surface area contributed by atoms with Gasteiger partial charge in [-0.25, -0.2) is 0 Å². The maximum atomic E-state index is 5.80. The van der Waals surface area contributed by atoms with Crippen molar-refractivity contribution in [2.24, 2.45) is 0 Å². The molecule has 0 spiro atoms. The van der Waals surface area contributed by atoms with Crippen LogP contribution in [0.3, 0.4) is 0 Å². The van der Waals surface area contributed by atoms with Crippen molar-refractivity contribution in [2.75, 3.05) is 12.4 Å². The molecule has 0 aromatic carbocycles. The second-order valence-corrected chi connectivity index (χ2v) is 5.85. The largest absolute Gasteiger partial charge is 0.380 e. The Hall–Kier alpha value is 1.22. The fourth-order valence-electron chi connectivity index (χ4n) is 1.64. The zero-order valence-electron chi connectivity index (χ0n) is 7.62. The molecule has 0 N–H and O–H groups in total. The summed E-state index contributed by atoms with van der Waals surface area (Å²) in [6.07, 6.45) is 6.39. The fourth-order valence-corrected chi connectivity index (χ4v) is 2.71. The van der Waals surface area contributed by atoms with Crippen molar-refractivity contribution in [1.82, 2.24) is 0 Å². The summed E-state index contributed by atoms with van der Waals surface area (Å²) >= 11 is 4.22. The van der Waals surface area contributed by atoms with Crippen LogP contribution in [0.5, 0.6) is 0 Å². The van der Waals surface area contributed by atoms with E-state index >= 15 is 0 Å². The Labute approximate surface area is 98.1 Å². The van der Waals surface area contributed by atoms with Gasteiger partial charge in [-0.05, 0) is 37.9 Å². The molecule has 1 nitrogen and oxygen atoms in total. The average Bonchev–Trinajstić information content (AvgIpc) is 2.03. The molecular formula is C8H18OPtSSi. The van der Waals surface area contributed by atoms with E-state index in [4.69, 9.17) is 4.74 Å². The Bertz CT molecular complexity index is 118. The quantitative estimate of drug-likeness (QED) is 0.563. The molecule has 1 heterocycles. The first-order valence-corrected chi connectivity index (χ1v) is 6.15. The van der Waals surface area contributed by atoms with E-state index in [0.29, 0.717) is 5.22 Å². The van der Waals surface area contributed by atoms with Crippen LogP contribution in [0.2, 0.25) is 0 Å². The van der Waals surface area contributed by atoms with Gasteiger partial charge in [-0.15, -0.1) is 0 Å². The van der Waals surface area contributed by atoms with Crippen LogP contribution in [0, 0.1) is 0 Å². The van der Waals surface area contributed by atoms with Crippen LogP contribution in [-0.2, 0) is 25.8 Å². The van der Waals surface area contributed by atoms with Gasteiger partial charge in [0.1, 0.15) is 0 Å². The molecule has 0 radical (unpaired) electrons. The maximum absolute atomic E-state index is 5.80. The first-order chi connectivity index (χ1) is 5.27. The number of hydrogen-bond acceptors (Lipinski definition) is 2. The summed E-state index contributed by atoms with van der Waals surface area (Å²) in [7, 11) is 1.19. The number of rotatable bonds is 3. The molecule has 0 aromatic heterocycles. The molecule has 1 rings (SSSR count). The van der Waals surface area contributed by atoms with Crippen molar-refractivity contribution in [3.8, 4) is 0 Å². The van der Waals surface area contributed by atoms with Crippen molar-refractivity contribution >= 4 is 22.9 Å². The van der Waals surface area contributed by atoms with E-state index in [1.165, 1.54) is 42.3 Å². The molecule has 1 fully saturated rings. The number of hydrogen-bond donors (Lipinski definition) is 1. The number of ether oxygens (including phenoxy) is 1.